The third-order valence-corrected chi connectivity index (χ3v) is 8.68. The highest BCUT2D eigenvalue weighted by atomic mass is 28.4. The maximum Gasteiger partial charge on any atom is 0.187 e. The van der Waals surface area contributed by atoms with Gasteiger partial charge in [-0.25, -0.2) is 0 Å². The zero-order chi connectivity index (χ0) is 24.6. The summed E-state index contributed by atoms with van der Waals surface area (Å²) in [5.74, 6) is 0. The van der Waals surface area contributed by atoms with Gasteiger partial charge in [-0.3, -0.25) is 0 Å². The van der Waals surface area contributed by atoms with Crippen LogP contribution in [0.3, 0.4) is 0 Å². The zero-order valence-corrected chi connectivity index (χ0v) is 27.8. The molecule has 0 aromatic rings. The van der Waals surface area contributed by atoms with Crippen molar-refractivity contribution in [1.82, 2.24) is 0 Å². The minimum atomic E-state index is -1.93. The van der Waals surface area contributed by atoms with Crippen LogP contribution in [0.1, 0.15) is 0 Å². The molecule has 0 bridgehead atoms. The molecule has 31 heavy (non-hydrogen) atoms. The Kier molecular flexibility index (Phi) is 9.85. The molecule has 0 amide bonds. The first-order valence-electron chi connectivity index (χ1n) is 11.5. The van der Waals surface area contributed by atoms with Crippen LogP contribution in [-0.4, -0.2) is 72.5 Å². The minimum Gasteiger partial charge on any atom is -0.409 e. The van der Waals surface area contributed by atoms with E-state index in [1.807, 2.05) is 0 Å². The Labute approximate surface area is 197 Å². The summed E-state index contributed by atoms with van der Waals surface area (Å²) in [6.45, 7) is 32.9. The summed E-state index contributed by atoms with van der Waals surface area (Å²) < 4.78 is 39.9. The molecule has 0 aromatic heterocycles. The number of hydrogen-bond donors (Lipinski definition) is 0. The smallest absolute Gasteiger partial charge is 0.187 e. The van der Waals surface area contributed by atoms with E-state index >= 15 is 0 Å². The van der Waals surface area contributed by atoms with Gasteiger partial charge < -0.3 is 26.9 Å². The molecule has 0 unspecified atom stereocenters. The van der Waals surface area contributed by atoms with E-state index in [9.17, 15) is 0 Å². The fraction of sp³-hybridized carbons (Fsp3) is 1.00. The van der Waals surface area contributed by atoms with Crippen molar-refractivity contribution in [3.63, 3.8) is 0 Å². The molecule has 0 aromatic carbocycles. The van der Waals surface area contributed by atoms with Crippen molar-refractivity contribution in [2.45, 2.75) is 129 Å². The largest absolute Gasteiger partial charge is 0.409 e. The summed E-state index contributed by atoms with van der Waals surface area (Å²) >= 11 is 0. The molecule has 186 valence electrons. The Morgan fingerprint density at radius 2 is 0.581 bits per heavy atom. The van der Waals surface area contributed by atoms with Crippen LogP contribution < -0.4 is 0 Å². The first-order valence-corrected chi connectivity index (χ1v) is 28.5. The lowest BCUT2D eigenvalue weighted by Gasteiger charge is -2.52. The lowest BCUT2D eigenvalue weighted by molar-refractivity contribution is -0.308. The molecule has 4 atom stereocenters. The van der Waals surface area contributed by atoms with Gasteiger partial charge in [0.25, 0.3) is 0 Å². The molecule has 0 N–H and O–H groups in total. The molecule has 0 spiro atoms. The van der Waals surface area contributed by atoms with E-state index in [0.717, 1.165) is 0 Å². The van der Waals surface area contributed by atoms with E-state index in [1.54, 1.807) is 0 Å². The Balaban J connectivity index is 3.54. The SMILES string of the molecule is C[Si](C)(C)OC1[C@H](O[Si](C)(C)C)[C@@H](O[Si](C)(C)C)O[C@H](O[Si](C)(C)C)[C@H]1O[Si](C)(C)C. The lowest BCUT2D eigenvalue weighted by Crippen LogP contribution is -2.67. The highest BCUT2D eigenvalue weighted by Gasteiger charge is 2.53. The molecule has 1 rings (SSSR count). The van der Waals surface area contributed by atoms with Gasteiger partial charge in [0.15, 0.2) is 54.2 Å². The molecule has 0 aliphatic carbocycles. The Morgan fingerprint density at radius 1 is 0.355 bits per heavy atom. The van der Waals surface area contributed by atoms with Crippen LogP contribution >= 0.6 is 0 Å². The molecule has 0 radical (unpaired) electrons. The van der Waals surface area contributed by atoms with Gasteiger partial charge in [0.1, 0.15) is 18.3 Å². The molecule has 1 heterocycles. The maximum absolute atomic E-state index is 6.81. The van der Waals surface area contributed by atoms with Gasteiger partial charge in [-0.1, -0.05) is 0 Å². The molecular formula is C20H50O6Si5. The standard InChI is InChI=1S/C20H50O6Si5/c1-27(2,3)22-16-17(23-28(4,5)6)19(25-30(10,11)12)21-20(26-31(13,14)15)18(16)24-29(7,8)9/h16-20H,1-15H3/t17-,18-,19+,20+/m0/s1. The molecule has 0 saturated carbocycles. The molecule has 1 aliphatic rings. The second-order valence-corrected chi connectivity index (χ2v) is 35.7. The highest BCUT2D eigenvalue weighted by molar-refractivity contribution is 6.71. The van der Waals surface area contributed by atoms with Crippen molar-refractivity contribution >= 4 is 41.6 Å². The number of rotatable bonds is 10. The maximum atomic E-state index is 6.81. The quantitative estimate of drug-likeness (QED) is 0.324. The predicted molar refractivity (Wildman–Crippen MR) is 142 cm³/mol. The van der Waals surface area contributed by atoms with Gasteiger partial charge >= 0.3 is 0 Å². The van der Waals surface area contributed by atoms with Gasteiger partial charge in [0.05, 0.1) is 0 Å². The summed E-state index contributed by atoms with van der Waals surface area (Å²) in [5, 5.41) is 0. The van der Waals surface area contributed by atoms with Crippen LogP contribution in [0.5, 0.6) is 0 Å². The summed E-state index contributed by atoms with van der Waals surface area (Å²) in [4.78, 5) is 0. The van der Waals surface area contributed by atoms with Crippen LogP contribution in [0.15, 0.2) is 0 Å². The highest BCUT2D eigenvalue weighted by Crippen LogP contribution is 2.36. The van der Waals surface area contributed by atoms with Crippen molar-refractivity contribution in [1.29, 1.82) is 0 Å². The molecular weight excluding hydrogens is 477 g/mol. The van der Waals surface area contributed by atoms with Gasteiger partial charge in [0.2, 0.25) is 0 Å². The summed E-state index contributed by atoms with van der Waals surface area (Å²) in [6, 6.07) is 0. The average Bonchev–Trinajstić information content (AvgIpc) is 2.39. The van der Waals surface area contributed by atoms with Crippen LogP contribution in [-0.2, 0) is 26.9 Å². The second kappa shape index (κ2) is 10.2. The van der Waals surface area contributed by atoms with Gasteiger partial charge in [-0.2, -0.15) is 0 Å². The molecule has 1 saturated heterocycles. The van der Waals surface area contributed by atoms with Crippen LogP contribution in [0, 0.1) is 0 Å². The van der Waals surface area contributed by atoms with E-state index in [1.165, 1.54) is 0 Å². The normalized spacial score (nSPS) is 29.3. The van der Waals surface area contributed by atoms with Crippen molar-refractivity contribution in [2.75, 3.05) is 0 Å². The van der Waals surface area contributed by atoms with E-state index in [2.05, 4.69) is 98.2 Å². The summed E-state index contributed by atoms with van der Waals surface area (Å²) in [5.41, 5.74) is 0. The topological polar surface area (TPSA) is 55.4 Å². The van der Waals surface area contributed by atoms with Crippen molar-refractivity contribution in [3.05, 3.63) is 0 Å². The third kappa shape index (κ3) is 12.2. The zero-order valence-electron chi connectivity index (χ0n) is 22.8. The molecule has 1 aliphatic heterocycles. The van der Waals surface area contributed by atoms with Crippen molar-refractivity contribution in [2.24, 2.45) is 0 Å². The fourth-order valence-corrected chi connectivity index (χ4v) is 8.26. The Bertz CT molecular complexity index is 529. The van der Waals surface area contributed by atoms with E-state index < -0.39 is 54.2 Å². The summed E-state index contributed by atoms with van der Waals surface area (Å²) in [6.07, 6.45) is -2.02. The van der Waals surface area contributed by atoms with Gasteiger partial charge in [0, 0.05) is 0 Å². The number of hydrogen-bond acceptors (Lipinski definition) is 6. The third-order valence-electron chi connectivity index (χ3n) is 3.86. The number of ether oxygens (including phenoxy) is 1. The minimum absolute atomic E-state index is 0.290. The predicted octanol–water partition coefficient (Wildman–Crippen LogP) is 6.03. The fourth-order valence-electron chi connectivity index (χ4n) is 3.27. The lowest BCUT2D eigenvalue weighted by atomic mass is 10.0. The van der Waals surface area contributed by atoms with E-state index in [4.69, 9.17) is 26.9 Å². The summed E-state index contributed by atoms with van der Waals surface area (Å²) in [7, 11) is -9.61. The van der Waals surface area contributed by atoms with E-state index in [0.29, 0.717) is 0 Å². The van der Waals surface area contributed by atoms with Crippen LogP contribution in [0.4, 0.5) is 0 Å². The van der Waals surface area contributed by atoms with Crippen molar-refractivity contribution < 1.29 is 26.9 Å². The molecule has 11 heteroatoms. The second-order valence-electron chi connectivity index (χ2n) is 13.4. The first-order chi connectivity index (χ1) is 13.5. The Morgan fingerprint density at radius 3 is 0.806 bits per heavy atom. The van der Waals surface area contributed by atoms with Gasteiger partial charge in [-0.15, -0.1) is 0 Å². The van der Waals surface area contributed by atoms with Crippen LogP contribution in [0.25, 0.3) is 0 Å². The van der Waals surface area contributed by atoms with Crippen molar-refractivity contribution in [3.8, 4) is 0 Å². The van der Waals surface area contributed by atoms with E-state index in [-0.39, 0.29) is 18.3 Å². The molecule has 6 nitrogen and oxygen atoms in total. The Hall–Kier alpha value is 0.844. The van der Waals surface area contributed by atoms with Gasteiger partial charge in [-0.05, 0) is 98.2 Å². The monoisotopic (exact) mass is 526 g/mol. The first kappa shape index (κ1) is 29.9. The van der Waals surface area contributed by atoms with Crippen LogP contribution in [0.2, 0.25) is 98.2 Å². The average molecular weight is 527 g/mol. The molecule has 1 fully saturated rings.